The first-order valence-corrected chi connectivity index (χ1v) is 6.24. The van der Waals surface area contributed by atoms with Crippen LogP contribution in [0, 0.1) is 6.92 Å². The van der Waals surface area contributed by atoms with E-state index < -0.39 is 0 Å². The third-order valence-electron chi connectivity index (χ3n) is 2.08. The standard InChI is InChI=1S/C11H20N2OS/c1-8(2)14-6-5-12-9(3)11-7-15-10(4)13-11/h7-9,12H,5-6H2,1-4H3. The van der Waals surface area contributed by atoms with Crippen LogP contribution in [-0.4, -0.2) is 24.2 Å². The van der Waals surface area contributed by atoms with Crippen molar-refractivity contribution in [3.8, 4) is 0 Å². The molecule has 0 aliphatic heterocycles. The molecule has 0 radical (unpaired) electrons. The number of hydrogen-bond donors (Lipinski definition) is 1. The van der Waals surface area contributed by atoms with Crippen LogP contribution in [0.5, 0.6) is 0 Å². The summed E-state index contributed by atoms with van der Waals surface area (Å²) in [6, 6.07) is 0.311. The predicted octanol–water partition coefficient (Wildman–Crippen LogP) is 2.53. The van der Waals surface area contributed by atoms with Gasteiger partial charge in [-0.15, -0.1) is 11.3 Å². The van der Waals surface area contributed by atoms with Gasteiger partial charge in [-0.2, -0.15) is 0 Å². The average molecular weight is 228 g/mol. The number of aryl methyl sites for hydroxylation is 1. The molecule has 1 unspecified atom stereocenters. The maximum absolute atomic E-state index is 5.45. The van der Waals surface area contributed by atoms with E-state index in [9.17, 15) is 0 Å². The fraction of sp³-hybridized carbons (Fsp3) is 0.727. The normalized spacial score (nSPS) is 13.4. The molecule has 0 amide bonds. The van der Waals surface area contributed by atoms with Gasteiger partial charge in [-0.05, 0) is 27.7 Å². The summed E-state index contributed by atoms with van der Waals surface area (Å²) in [5.41, 5.74) is 1.13. The molecule has 0 aliphatic carbocycles. The summed E-state index contributed by atoms with van der Waals surface area (Å²) in [5, 5.41) is 6.62. The fourth-order valence-electron chi connectivity index (χ4n) is 1.25. The Morgan fingerprint density at radius 2 is 2.20 bits per heavy atom. The first-order chi connectivity index (χ1) is 7.09. The van der Waals surface area contributed by atoms with Crippen molar-refractivity contribution in [3.63, 3.8) is 0 Å². The van der Waals surface area contributed by atoms with E-state index in [1.165, 1.54) is 0 Å². The number of nitrogens with zero attached hydrogens (tertiary/aromatic N) is 1. The Kier molecular flexibility index (Phi) is 5.22. The van der Waals surface area contributed by atoms with E-state index in [1.807, 2.05) is 20.8 Å². The maximum Gasteiger partial charge on any atom is 0.0898 e. The molecule has 0 saturated carbocycles. The smallest absolute Gasteiger partial charge is 0.0898 e. The molecule has 0 aliphatic rings. The van der Waals surface area contributed by atoms with Gasteiger partial charge < -0.3 is 10.1 Å². The zero-order valence-corrected chi connectivity index (χ0v) is 10.7. The Labute approximate surface area is 95.9 Å². The Balaban J connectivity index is 2.21. The monoisotopic (exact) mass is 228 g/mol. The fourth-order valence-corrected chi connectivity index (χ4v) is 1.96. The van der Waals surface area contributed by atoms with Crippen molar-refractivity contribution < 1.29 is 4.74 Å². The van der Waals surface area contributed by atoms with E-state index >= 15 is 0 Å². The van der Waals surface area contributed by atoms with Gasteiger partial charge >= 0.3 is 0 Å². The van der Waals surface area contributed by atoms with Crippen LogP contribution in [0.4, 0.5) is 0 Å². The lowest BCUT2D eigenvalue weighted by molar-refractivity contribution is 0.0796. The van der Waals surface area contributed by atoms with Crippen molar-refractivity contribution >= 4 is 11.3 Å². The van der Waals surface area contributed by atoms with E-state index in [0.29, 0.717) is 12.1 Å². The molecule has 0 bridgehead atoms. The number of rotatable bonds is 6. The van der Waals surface area contributed by atoms with E-state index in [4.69, 9.17) is 4.74 Å². The molecular formula is C11H20N2OS. The molecule has 0 saturated heterocycles. The lowest BCUT2D eigenvalue weighted by atomic mass is 10.2. The van der Waals surface area contributed by atoms with Gasteiger partial charge in [0.05, 0.1) is 23.4 Å². The van der Waals surface area contributed by atoms with Crippen molar-refractivity contribution in [1.82, 2.24) is 10.3 Å². The second kappa shape index (κ2) is 6.20. The van der Waals surface area contributed by atoms with Crippen LogP contribution in [-0.2, 0) is 4.74 Å². The predicted molar refractivity (Wildman–Crippen MR) is 64.4 cm³/mol. The lowest BCUT2D eigenvalue weighted by Gasteiger charge is -2.12. The molecule has 1 rings (SSSR count). The minimum Gasteiger partial charge on any atom is -0.377 e. The quantitative estimate of drug-likeness (QED) is 0.760. The zero-order chi connectivity index (χ0) is 11.3. The number of thiazole rings is 1. The highest BCUT2D eigenvalue weighted by molar-refractivity contribution is 7.09. The number of hydrogen-bond acceptors (Lipinski definition) is 4. The van der Waals surface area contributed by atoms with E-state index in [2.05, 4.69) is 22.6 Å². The molecule has 3 nitrogen and oxygen atoms in total. The van der Waals surface area contributed by atoms with E-state index in [-0.39, 0.29) is 0 Å². The van der Waals surface area contributed by atoms with Crippen molar-refractivity contribution in [2.45, 2.75) is 39.8 Å². The molecule has 4 heteroatoms. The second-order valence-corrected chi connectivity index (χ2v) is 4.95. The van der Waals surface area contributed by atoms with Crippen molar-refractivity contribution in [3.05, 3.63) is 16.1 Å². The first kappa shape index (κ1) is 12.6. The van der Waals surface area contributed by atoms with Gasteiger partial charge in [0, 0.05) is 18.0 Å². The first-order valence-electron chi connectivity index (χ1n) is 5.36. The van der Waals surface area contributed by atoms with E-state index in [0.717, 1.165) is 23.9 Å². The lowest BCUT2D eigenvalue weighted by Crippen LogP contribution is -2.24. The maximum atomic E-state index is 5.45. The van der Waals surface area contributed by atoms with Crippen LogP contribution in [0.3, 0.4) is 0 Å². The van der Waals surface area contributed by atoms with Crippen LogP contribution < -0.4 is 5.32 Å². The molecule has 0 spiro atoms. The SMILES string of the molecule is Cc1nc(C(C)NCCOC(C)C)cs1. The average Bonchev–Trinajstić information content (AvgIpc) is 2.59. The van der Waals surface area contributed by atoms with E-state index in [1.54, 1.807) is 11.3 Å². The number of ether oxygens (including phenoxy) is 1. The van der Waals surface area contributed by atoms with Gasteiger partial charge in [-0.1, -0.05) is 0 Å². The summed E-state index contributed by atoms with van der Waals surface area (Å²) >= 11 is 1.69. The Morgan fingerprint density at radius 3 is 2.73 bits per heavy atom. The highest BCUT2D eigenvalue weighted by Gasteiger charge is 2.07. The summed E-state index contributed by atoms with van der Waals surface area (Å²) < 4.78 is 5.45. The summed E-state index contributed by atoms with van der Waals surface area (Å²) in [5.74, 6) is 0. The van der Waals surface area contributed by atoms with Crippen LogP contribution in [0.25, 0.3) is 0 Å². The van der Waals surface area contributed by atoms with Crippen molar-refractivity contribution in [2.24, 2.45) is 0 Å². The molecule has 86 valence electrons. The van der Waals surface area contributed by atoms with Crippen LogP contribution in [0.15, 0.2) is 5.38 Å². The number of aromatic nitrogens is 1. The third kappa shape index (κ3) is 4.73. The summed E-state index contributed by atoms with van der Waals surface area (Å²) in [7, 11) is 0. The highest BCUT2D eigenvalue weighted by Crippen LogP contribution is 2.15. The molecular weight excluding hydrogens is 208 g/mol. The van der Waals surface area contributed by atoms with Gasteiger partial charge in [-0.3, -0.25) is 0 Å². The Bertz CT molecular complexity index is 286. The zero-order valence-electron chi connectivity index (χ0n) is 9.91. The summed E-state index contributed by atoms with van der Waals surface area (Å²) in [6.45, 7) is 9.88. The van der Waals surface area contributed by atoms with Gasteiger partial charge in [0.25, 0.3) is 0 Å². The molecule has 1 heterocycles. The highest BCUT2D eigenvalue weighted by atomic mass is 32.1. The van der Waals surface area contributed by atoms with Gasteiger partial charge in [-0.25, -0.2) is 4.98 Å². The molecule has 0 fully saturated rings. The molecule has 15 heavy (non-hydrogen) atoms. The molecule has 1 N–H and O–H groups in total. The molecule has 1 aromatic rings. The van der Waals surface area contributed by atoms with Crippen LogP contribution >= 0.6 is 11.3 Å². The minimum atomic E-state index is 0.309. The number of nitrogens with one attached hydrogen (secondary N) is 1. The largest absolute Gasteiger partial charge is 0.377 e. The van der Waals surface area contributed by atoms with Gasteiger partial charge in [0.1, 0.15) is 0 Å². The topological polar surface area (TPSA) is 34.2 Å². The summed E-state index contributed by atoms with van der Waals surface area (Å²) in [4.78, 5) is 4.44. The third-order valence-corrected chi connectivity index (χ3v) is 2.88. The van der Waals surface area contributed by atoms with Crippen molar-refractivity contribution in [1.29, 1.82) is 0 Å². The molecule has 1 atom stereocenters. The Hall–Kier alpha value is -0.450. The summed E-state index contributed by atoms with van der Waals surface area (Å²) in [6.07, 6.45) is 0.309. The Morgan fingerprint density at radius 1 is 1.47 bits per heavy atom. The van der Waals surface area contributed by atoms with Gasteiger partial charge in [0.15, 0.2) is 0 Å². The van der Waals surface area contributed by atoms with Gasteiger partial charge in [0.2, 0.25) is 0 Å². The molecule has 0 aromatic carbocycles. The van der Waals surface area contributed by atoms with Crippen LogP contribution in [0.2, 0.25) is 0 Å². The van der Waals surface area contributed by atoms with Crippen LogP contribution in [0.1, 0.15) is 37.5 Å². The van der Waals surface area contributed by atoms with Crippen molar-refractivity contribution in [2.75, 3.05) is 13.2 Å². The minimum absolute atomic E-state index is 0.309. The second-order valence-electron chi connectivity index (χ2n) is 3.89. The molecule has 1 aromatic heterocycles.